The number of hydrazone groups is 1. The minimum absolute atomic E-state index is 0.230. The molecule has 6 heteroatoms. The third kappa shape index (κ3) is 2.77. The molecule has 3 rings (SSSR count). The molecule has 19 heavy (non-hydrogen) atoms. The van der Waals surface area contributed by atoms with E-state index < -0.39 is 0 Å². The molecule has 0 amide bonds. The van der Waals surface area contributed by atoms with Gasteiger partial charge >= 0.3 is 0 Å². The van der Waals surface area contributed by atoms with Gasteiger partial charge in [0, 0.05) is 26.2 Å². The summed E-state index contributed by atoms with van der Waals surface area (Å²) in [6, 6.07) is 3.74. The zero-order chi connectivity index (χ0) is 13.2. The van der Waals surface area contributed by atoms with Crippen LogP contribution in [0, 0.1) is 0 Å². The second-order valence-electron chi connectivity index (χ2n) is 4.74. The topological polar surface area (TPSA) is 37.3 Å². The lowest BCUT2D eigenvalue weighted by atomic mass is 10.2. The Morgan fingerprint density at radius 3 is 2.79 bits per heavy atom. The molecule has 2 aliphatic heterocycles. The molecule has 0 bridgehead atoms. The van der Waals surface area contributed by atoms with E-state index in [1.807, 2.05) is 18.3 Å². The fourth-order valence-electron chi connectivity index (χ4n) is 2.12. The molecule has 2 aliphatic rings. The maximum Gasteiger partial charge on any atom is 0.231 e. The standard InChI is InChI=1S/C13H16ClN3O2/c1-16-2-4-17(5-3-16)15-8-10-6-11(14)13-12(7-10)18-9-19-13/h6-8H,2-5,9H2,1H3/b15-8-. The van der Waals surface area contributed by atoms with Crippen molar-refractivity contribution in [3.8, 4) is 11.5 Å². The Morgan fingerprint density at radius 1 is 1.21 bits per heavy atom. The molecule has 1 saturated heterocycles. The summed E-state index contributed by atoms with van der Waals surface area (Å²) in [4.78, 5) is 2.30. The number of rotatable bonds is 2. The van der Waals surface area contributed by atoms with E-state index in [0.717, 1.165) is 31.7 Å². The number of ether oxygens (including phenoxy) is 2. The highest BCUT2D eigenvalue weighted by atomic mass is 35.5. The lowest BCUT2D eigenvalue weighted by molar-refractivity contribution is 0.159. The molecule has 0 saturated carbocycles. The average molecular weight is 282 g/mol. The van der Waals surface area contributed by atoms with Crippen molar-refractivity contribution in [2.75, 3.05) is 40.0 Å². The Morgan fingerprint density at radius 2 is 2.00 bits per heavy atom. The quantitative estimate of drug-likeness (QED) is 0.773. The number of benzene rings is 1. The van der Waals surface area contributed by atoms with Gasteiger partial charge in [-0.1, -0.05) is 11.6 Å². The summed E-state index contributed by atoms with van der Waals surface area (Å²) in [5, 5.41) is 7.11. The van der Waals surface area contributed by atoms with E-state index in [-0.39, 0.29) is 6.79 Å². The van der Waals surface area contributed by atoms with Crippen LogP contribution >= 0.6 is 11.6 Å². The summed E-state index contributed by atoms with van der Waals surface area (Å²) in [6.07, 6.45) is 1.82. The SMILES string of the molecule is CN1CCN(/N=C\c2cc(Cl)c3c(c2)OCO3)CC1. The fourth-order valence-corrected chi connectivity index (χ4v) is 2.40. The molecule has 0 aliphatic carbocycles. The summed E-state index contributed by atoms with van der Waals surface area (Å²) in [5.41, 5.74) is 0.924. The Bertz CT molecular complexity index is 499. The van der Waals surface area contributed by atoms with E-state index in [2.05, 4.69) is 22.1 Å². The molecule has 0 aromatic heterocycles. The highest BCUT2D eigenvalue weighted by molar-refractivity contribution is 6.32. The maximum atomic E-state index is 6.13. The second kappa shape index (κ2) is 5.27. The summed E-state index contributed by atoms with van der Waals surface area (Å²) in [7, 11) is 2.12. The smallest absolute Gasteiger partial charge is 0.231 e. The lowest BCUT2D eigenvalue weighted by Crippen LogP contribution is -2.41. The second-order valence-corrected chi connectivity index (χ2v) is 5.15. The molecule has 0 atom stereocenters. The van der Waals surface area contributed by atoms with Gasteiger partial charge in [-0.2, -0.15) is 5.10 Å². The average Bonchev–Trinajstić information content (AvgIpc) is 2.87. The van der Waals surface area contributed by atoms with Crippen LogP contribution in [-0.4, -0.2) is 56.1 Å². The van der Waals surface area contributed by atoms with Crippen LogP contribution in [-0.2, 0) is 0 Å². The number of hydrogen-bond donors (Lipinski definition) is 0. The molecule has 0 unspecified atom stereocenters. The van der Waals surface area contributed by atoms with Crippen LogP contribution in [0.15, 0.2) is 17.2 Å². The minimum Gasteiger partial charge on any atom is -0.454 e. The number of hydrogen-bond acceptors (Lipinski definition) is 5. The van der Waals surface area contributed by atoms with E-state index in [1.54, 1.807) is 0 Å². The Kier molecular flexibility index (Phi) is 3.48. The fraction of sp³-hybridized carbons (Fsp3) is 0.462. The van der Waals surface area contributed by atoms with E-state index in [4.69, 9.17) is 21.1 Å². The van der Waals surface area contributed by atoms with Crippen LogP contribution in [0.1, 0.15) is 5.56 Å². The van der Waals surface area contributed by atoms with Crippen molar-refractivity contribution < 1.29 is 9.47 Å². The molecule has 2 heterocycles. The molecule has 5 nitrogen and oxygen atoms in total. The molecule has 0 spiro atoms. The molecular formula is C13H16ClN3O2. The summed E-state index contributed by atoms with van der Waals surface area (Å²) in [5.74, 6) is 1.31. The van der Waals surface area contributed by atoms with Gasteiger partial charge in [-0.3, -0.25) is 5.01 Å². The van der Waals surface area contributed by atoms with Crippen LogP contribution in [0.3, 0.4) is 0 Å². The van der Waals surface area contributed by atoms with Gasteiger partial charge in [0.1, 0.15) is 0 Å². The molecule has 0 radical (unpaired) electrons. The molecule has 1 aromatic rings. The van der Waals surface area contributed by atoms with Crippen molar-refractivity contribution in [3.63, 3.8) is 0 Å². The Balaban J connectivity index is 1.71. The number of likely N-dealkylation sites (N-methyl/N-ethyl adjacent to an activating group) is 1. The van der Waals surface area contributed by atoms with Crippen LogP contribution in [0.4, 0.5) is 0 Å². The van der Waals surface area contributed by atoms with Crippen molar-refractivity contribution in [1.82, 2.24) is 9.91 Å². The third-order valence-corrected chi connectivity index (χ3v) is 3.58. The summed E-state index contributed by atoms with van der Waals surface area (Å²) < 4.78 is 10.6. The van der Waals surface area contributed by atoms with E-state index in [1.165, 1.54) is 0 Å². The molecule has 1 aromatic carbocycles. The molecular weight excluding hydrogens is 266 g/mol. The summed E-state index contributed by atoms with van der Waals surface area (Å²) in [6.45, 7) is 4.21. The van der Waals surface area contributed by atoms with Crippen LogP contribution in [0.2, 0.25) is 5.02 Å². The highest BCUT2D eigenvalue weighted by Gasteiger charge is 2.18. The van der Waals surface area contributed by atoms with E-state index >= 15 is 0 Å². The zero-order valence-corrected chi connectivity index (χ0v) is 11.6. The zero-order valence-electron chi connectivity index (χ0n) is 10.8. The van der Waals surface area contributed by atoms with Crippen LogP contribution in [0.5, 0.6) is 11.5 Å². The highest BCUT2D eigenvalue weighted by Crippen LogP contribution is 2.39. The van der Waals surface area contributed by atoms with E-state index in [9.17, 15) is 0 Å². The monoisotopic (exact) mass is 281 g/mol. The summed E-state index contributed by atoms with van der Waals surface area (Å²) >= 11 is 6.13. The largest absolute Gasteiger partial charge is 0.454 e. The molecule has 102 valence electrons. The van der Waals surface area contributed by atoms with Gasteiger partial charge in [-0.15, -0.1) is 0 Å². The van der Waals surface area contributed by atoms with Crippen molar-refractivity contribution in [1.29, 1.82) is 0 Å². The van der Waals surface area contributed by atoms with Crippen LogP contribution < -0.4 is 9.47 Å². The number of nitrogens with zero attached hydrogens (tertiary/aromatic N) is 3. The van der Waals surface area contributed by atoms with Gasteiger partial charge in [-0.25, -0.2) is 0 Å². The van der Waals surface area contributed by atoms with Crippen molar-refractivity contribution in [3.05, 3.63) is 22.7 Å². The van der Waals surface area contributed by atoms with Gasteiger partial charge in [0.05, 0.1) is 11.2 Å². The Hall–Kier alpha value is -1.46. The van der Waals surface area contributed by atoms with Crippen LogP contribution in [0.25, 0.3) is 0 Å². The normalized spacial score (nSPS) is 19.4. The van der Waals surface area contributed by atoms with Crippen molar-refractivity contribution in [2.45, 2.75) is 0 Å². The predicted octanol–water partition coefficient (Wildman–Crippen LogP) is 1.65. The van der Waals surface area contributed by atoms with Crippen molar-refractivity contribution in [2.24, 2.45) is 5.10 Å². The third-order valence-electron chi connectivity index (χ3n) is 3.30. The predicted molar refractivity (Wildman–Crippen MR) is 74.2 cm³/mol. The number of fused-ring (bicyclic) bond motifs is 1. The van der Waals surface area contributed by atoms with E-state index in [0.29, 0.717) is 16.5 Å². The van der Waals surface area contributed by atoms with Gasteiger partial charge < -0.3 is 14.4 Å². The minimum atomic E-state index is 0.230. The molecule has 1 fully saturated rings. The van der Waals surface area contributed by atoms with Gasteiger partial charge in [-0.05, 0) is 24.7 Å². The van der Waals surface area contributed by atoms with Gasteiger partial charge in [0.2, 0.25) is 6.79 Å². The molecule has 0 N–H and O–H groups in total. The lowest BCUT2D eigenvalue weighted by Gasteiger charge is -2.30. The number of halogens is 1. The first-order chi connectivity index (χ1) is 9.22. The van der Waals surface area contributed by atoms with Gasteiger partial charge in [0.25, 0.3) is 0 Å². The first-order valence-electron chi connectivity index (χ1n) is 6.29. The maximum absolute atomic E-state index is 6.13. The number of piperazine rings is 1. The first kappa shape index (κ1) is 12.6. The first-order valence-corrected chi connectivity index (χ1v) is 6.67. The Labute approximate surface area is 117 Å². The van der Waals surface area contributed by atoms with Gasteiger partial charge in [0.15, 0.2) is 11.5 Å². The van der Waals surface area contributed by atoms with Crippen molar-refractivity contribution >= 4 is 17.8 Å².